The number of rotatable bonds is 8. The first-order valence-corrected chi connectivity index (χ1v) is 15.2. The summed E-state index contributed by atoms with van der Waals surface area (Å²) in [5, 5.41) is 0.0235. The first-order chi connectivity index (χ1) is 17.6. The number of hydrogen-bond acceptors (Lipinski definition) is 7. The molecule has 1 saturated heterocycles. The number of ether oxygens (including phenoxy) is 1. The van der Waals surface area contributed by atoms with E-state index in [1.165, 1.54) is 29.2 Å². The van der Waals surface area contributed by atoms with Gasteiger partial charge in [-0.25, -0.2) is 0 Å². The minimum atomic E-state index is -4.18. The van der Waals surface area contributed by atoms with Gasteiger partial charge in [-0.1, -0.05) is 23.7 Å². The fourth-order valence-corrected chi connectivity index (χ4v) is 6.26. The molecule has 0 unspecified atom stereocenters. The Morgan fingerprint density at radius 2 is 1.76 bits per heavy atom. The molecule has 0 aromatic heterocycles. The molecule has 0 spiro atoms. The molecule has 7 nitrogen and oxygen atoms in total. The number of halogens is 3. The lowest BCUT2D eigenvalue weighted by Gasteiger charge is -2.15. The molecule has 12 heteroatoms. The van der Waals surface area contributed by atoms with Crippen molar-refractivity contribution >= 4 is 89.2 Å². The molecule has 1 fully saturated rings. The summed E-state index contributed by atoms with van der Waals surface area (Å²) in [6.45, 7) is 2.15. The van der Waals surface area contributed by atoms with Crippen molar-refractivity contribution in [3.05, 3.63) is 89.8 Å². The van der Waals surface area contributed by atoms with Gasteiger partial charge in [0.2, 0.25) is 0 Å². The number of nitrogens with zero attached hydrogens (tertiary/aromatic N) is 1. The third kappa shape index (κ3) is 6.69. The first kappa shape index (κ1) is 28.0. The Morgan fingerprint density at radius 1 is 1.08 bits per heavy atom. The Hall–Kier alpha value is -2.06. The van der Waals surface area contributed by atoms with Crippen molar-refractivity contribution in [1.82, 2.24) is 4.90 Å². The fraction of sp³-hybridized carbons (Fsp3) is 0.120. The lowest BCUT2D eigenvalue weighted by molar-refractivity contribution is -0.123. The average molecular weight is 735 g/mol. The van der Waals surface area contributed by atoms with Gasteiger partial charge in [0.05, 0.1) is 22.5 Å². The second kappa shape index (κ2) is 11.8. The molecule has 1 aliphatic rings. The van der Waals surface area contributed by atoms with Gasteiger partial charge in [-0.2, -0.15) is 8.42 Å². The molecule has 3 aromatic carbocycles. The van der Waals surface area contributed by atoms with Crippen molar-refractivity contribution in [3.8, 4) is 11.5 Å². The van der Waals surface area contributed by atoms with Gasteiger partial charge in [0.15, 0.2) is 11.5 Å². The Morgan fingerprint density at radius 3 is 2.41 bits per heavy atom. The molecule has 37 heavy (non-hydrogen) atoms. The van der Waals surface area contributed by atoms with E-state index < -0.39 is 16.0 Å². The highest BCUT2D eigenvalue weighted by Crippen LogP contribution is 2.41. The van der Waals surface area contributed by atoms with E-state index in [4.69, 9.17) is 20.5 Å². The van der Waals surface area contributed by atoms with E-state index >= 15 is 0 Å². The molecule has 3 aromatic rings. The predicted octanol–water partition coefficient (Wildman–Crippen LogP) is 7.11. The van der Waals surface area contributed by atoms with E-state index in [2.05, 4.69) is 38.5 Å². The second-order valence-corrected chi connectivity index (χ2v) is 12.7. The molecule has 0 bridgehead atoms. The van der Waals surface area contributed by atoms with Gasteiger partial charge in [0.25, 0.3) is 11.1 Å². The maximum Gasteiger partial charge on any atom is 0.339 e. The molecular weight excluding hydrogens is 717 g/mol. The fourth-order valence-electron chi connectivity index (χ4n) is 3.33. The lowest BCUT2D eigenvalue weighted by atomic mass is 10.1. The zero-order valence-corrected chi connectivity index (χ0v) is 25.2. The van der Waals surface area contributed by atoms with Crippen molar-refractivity contribution < 1.29 is 26.9 Å². The van der Waals surface area contributed by atoms with Crippen LogP contribution in [0.25, 0.3) is 6.08 Å². The standard InChI is InChI=1S/C25H18BrClINO6S2/c1-2-34-21-12-16(11-20(26)23(21)35-37(32,33)19-9-5-17(27)6-10-19)13-22-24(30)29(25(31)36-22)14-15-3-7-18(28)8-4-15/h3-13H,2,14H2,1H3/b22-13-. The van der Waals surface area contributed by atoms with E-state index in [9.17, 15) is 18.0 Å². The van der Waals surface area contributed by atoms with Crippen LogP contribution in [0.3, 0.4) is 0 Å². The normalized spacial score (nSPS) is 14.9. The van der Waals surface area contributed by atoms with Gasteiger partial charge < -0.3 is 8.92 Å². The molecule has 0 radical (unpaired) electrons. The summed E-state index contributed by atoms with van der Waals surface area (Å²) in [7, 11) is -4.18. The van der Waals surface area contributed by atoms with Crippen LogP contribution < -0.4 is 8.92 Å². The average Bonchev–Trinajstić information content (AvgIpc) is 3.10. The summed E-state index contributed by atoms with van der Waals surface area (Å²) in [4.78, 5) is 26.9. The van der Waals surface area contributed by atoms with Crippen LogP contribution in [0.5, 0.6) is 11.5 Å². The lowest BCUT2D eigenvalue weighted by Crippen LogP contribution is -2.27. The number of amides is 2. The van der Waals surface area contributed by atoms with Crippen molar-refractivity contribution in [1.29, 1.82) is 0 Å². The van der Waals surface area contributed by atoms with Crippen LogP contribution in [0.2, 0.25) is 5.02 Å². The molecular formula is C25H18BrClINO6S2. The summed E-state index contributed by atoms with van der Waals surface area (Å²) in [6, 6.07) is 16.3. The van der Waals surface area contributed by atoms with Crippen LogP contribution >= 0.6 is 61.9 Å². The van der Waals surface area contributed by atoms with Crippen molar-refractivity contribution in [3.63, 3.8) is 0 Å². The van der Waals surface area contributed by atoms with Crippen molar-refractivity contribution in [2.24, 2.45) is 0 Å². The molecule has 0 saturated carbocycles. The number of imide groups is 1. The highest BCUT2D eigenvalue weighted by molar-refractivity contribution is 14.1. The first-order valence-electron chi connectivity index (χ1n) is 10.7. The summed E-state index contributed by atoms with van der Waals surface area (Å²) in [5.74, 6) is -0.298. The van der Waals surface area contributed by atoms with E-state index in [0.29, 0.717) is 15.1 Å². The molecule has 1 heterocycles. The zero-order valence-electron chi connectivity index (χ0n) is 19.1. The summed E-state index contributed by atoms with van der Waals surface area (Å²) in [5.41, 5.74) is 1.36. The Bertz CT molecular complexity index is 1490. The van der Waals surface area contributed by atoms with E-state index in [-0.39, 0.29) is 39.7 Å². The predicted molar refractivity (Wildman–Crippen MR) is 155 cm³/mol. The number of benzene rings is 3. The highest BCUT2D eigenvalue weighted by atomic mass is 127. The van der Waals surface area contributed by atoms with Gasteiger partial charge in [0, 0.05) is 8.59 Å². The van der Waals surface area contributed by atoms with Crippen molar-refractivity contribution in [2.75, 3.05) is 6.61 Å². The molecule has 1 aliphatic heterocycles. The van der Waals surface area contributed by atoms with E-state index in [0.717, 1.165) is 20.9 Å². The van der Waals surface area contributed by atoms with Crippen LogP contribution in [-0.4, -0.2) is 31.1 Å². The van der Waals surface area contributed by atoms with Gasteiger partial charge in [-0.05, 0) is 123 Å². The van der Waals surface area contributed by atoms with Gasteiger partial charge >= 0.3 is 10.1 Å². The largest absolute Gasteiger partial charge is 0.490 e. The van der Waals surface area contributed by atoms with E-state index in [1.807, 2.05) is 24.3 Å². The molecule has 0 aliphatic carbocycles. The van der Waals surface area contributed by atoms with Crippen LogP contribution in [-0.2, 0) is 21.5 Å². The van der Waals surface area contributed by atoms with Crippen LogP contribution in [0.15, 0.2) is 74.9 Å². The maximum absolute atomic E-state index is 13.0. The van der Waals surface area contributed by atoms with Crippen LogP contribution in [0.4, 0.5) is 4.79 Å². The molecule has 2 amide bonds. The van der Waals surface area contributed by atoms with Crippen LogP contribution in [0, 0.1) is 3.57 Å². The molecule has 0 atom stereocenters. The number of carbonyl (C=O) groups excluding carboxylic acids is 2. The SMILES string of the molecule is CCOc1cc(/C=C2\SC(=O)N(Cc3ccc(I)cc3)C2=O)cc(Br)c1OS(=O)(=O)c1ccc(Cl)cc1. The Balaban J connectivity index is 1.61. The quantitative estimate of drug-likeness (QED) is 0.139. The smallest absolute Gasteiger partial charge is 0.339 e. The Kier molecular flexibility index (Phi) is 8.89. The zero-order chi connectivity index (χ0) is 26.7. The monoisotopic (exact) mass is 733 g/mol. The minimum absolute atomic E-state index is 0.0410. The number of hydrogen-bond donors (Lipinski definition) is 0. The third-order valence-electron chi connectivity index (χ3n) is 5.05. The highest BCUT2D eigenvalue weighted by Gasteiger charge is 2.35. The maximum atomic E-state index is 13.0. The summed E-state index contributed by atoms with van der Waals surface area (Å²) in [6.07, 6.45) is 1.56. The summed E-state index contributed by atoms with van der Waals surface area (Å²) < 4.78 is 38.0. The van der Waals surface area contributed by atoms with E-state index in [1.54, 1.807) is 25.1 Å². The van der Waals surface area contributed by atoms with Crippen molar-refractivity contribution in [2.45, 2.75) is 18.4 Å². The Labute approximate surface area is 245 Å². The topological polar surface area (TPSA) is 90.0 Å². The third-order valence-corrected chi connectivity index (χ3v) is 8.76. The van der Waals surface area contributed by atoms with Crippen LogP contribution in [0.1, 0.15) is 18.1 Å². The van der Waals surface area contributed by atoms with Gasteiger partial charge in [0.1, 0.15) is 4.90 Å². The van der Waals surface area contributed by atoms with Gasteiger partial charge in [-0.15, -0.1) is 0 Å². The molecule has 0 N–H and O–H groups in total. The van der Waals surface area contributed by atoms with Gasteiger partial charge in [-0.3, -0.25) is 14.5 Å². The minimum Gasteiger partial charge on any atom is -0.490 e. The second-order valence-electron chi connectivity index (χ2n) is 7.65. The summed E-state index contributed by atoms with van der Waals surface area (Å²) >= 11 is 12.2. The number of thioether (sulfide) groups is 1. The molecule has 4 rings (SSSR count). The number of carbonyl (C=O) groups is 2. The molecule has 192 valence electrons.